The van der Waals surface area contributed by atoms with E-state index in [0.29, 0.717) is 22.8 Å². The molecule has 0 saturated heterocycles. The molecule has 0 heterocycles. The first-order valence-corrected chi connectivity index (χ1v) is 10.1. The maximum Gasteiger partial charge on any atom is 0.276 e. The lowest BCUT2D eigenvalue weighted by Crippen LogP contribution is -2.43. The van der Waals surface area contributed by atoms with Crippen molar-refractivity contribution < 1.29 is 23.8 Å². The summed E-state index contributed by atoms with van der Waals surface area (Å²) in [5.41, 5.74) is 7.06. The van der Waals surface area contributed by atoms with Gasteiger partial charge in [0, 0.05) is 5.56 Å². The maximum absolute atomic E-state index is 12.2. The smallest absolute Gasteiger partial charge is 0.276 e. The molecule has 0 spiro atoms. The van der Waals surface area contributed by atoms with E-state index in [0.717, 1.165) is 15.6 Å². The Balaban J connectivity index is 1.53. The second-order valence-corrected chi connectivity index (χ2v) is 7.23. The predicted octanol–water partition coefficient (Wildman–Crippen LogP) is 3.97. The molecule has 2 N–H and O–H groups in total. The minimum Gasteiger partial charge on any atom is -0.493 e. The number of carbonyl (C=O) groups excluding carboxylic acids is 2. The molecule has 2 amide bonds. The van der Waals surface area contributed by atoms with Crippen molar-refractivity contribution in [3.05, 3.63) is 76.8 Å². The molecule has 0 unspecified atom stereocenters. The molecule has 7 nitrogen and oxygen atoms in total. The first-order valence-electron chi connectivity index (χ1n) is 9.31. The van der Waals surface area contributed by atoms with Crippen molar-refractivity contribution in [2.45, 2.75) is 0 Å². The number of benzene rings is 3. The summed E-state index contributed by atoms with van der Waals surface area (Å²) in [5.74, 6) is 0.422. The third-order valence-electron chi connectivity index (χ3n) is 4.36. The minimum absolute atomic E-state index is 0.268. The Kier molecular flexibility index (Phi) is 7.50. The van der Waals surface area contributed by atoms with Gasteiger partial charge in [-0.05, 0) is 57.4 Å². The van der Waals surface area contributed by atoms with E-state index in [2.05, 4.69) is 26.8 Å². The molecule has 160 valence electrons. The Morgan fingerprint density at radius 1 is 0.806 bits per heavy atom. The lowest BCUT2D eigenvalue weighted by atomic mass is 10.1. The highest BCUT2D eigenvalue weighted by Crippen LogP contribution is 2.30. The monoisotopic (exact) mass is 484 g/mol. The third-order valence-corrected chi connectivity index (χ3v) is 4.98. The van der Waals surface area contributed by atoms with Crippen LogP contribution in [0.25, 0.3) is 11.1 Å². The lowest BCUT2D eigenvalue weighted by Gasteiger charge is -2.12. The van der Waals surface area contributed by atoms with Crippen molar-refractivity contribution in [2.24, 2.45) is 0 Å². The summed E-state index contributed by atoms with van der Waals surface area (Å²) in [4.78, 5) is 24.3. The van der Waals surface area contributed by atoms with E-state index < -0.39 is 11.8 Å². The van der Waals surface area contributed by atoms with E-state index in [1.807, 2.05) is 42.5 Å². The van der Waals surface area contributed by atoms with Gasteiger partial charge in [0.2, 0.25) is 0 Å². The van der Waals surface area contributed by atoms with Crippen molar-refractivity contribution in [1.82, 2.24) is 10.9 Å². The largest absolute Gasteiger partial charge is 0.493 e. The number of ether oxygens (including phenoxy) is 3. The van der Waals surface area contributed by atoms with E-state index in [-0.39, 0.29) is 6.61 Å². The summed E-state index contributed by atoms with van der Waals surface area (Å²) in [6.07, 6.45) is 0. The van der Waals surface area contributed by atoms with Crippen LogP contribution in [0.2, 0.25) is 0 Å². The van der Waals surface area contributed by atoms with Crippen molar-refractivity contribution in [3.63, 3.8) is 0 Å². The molecule has 3 aromatic rings. The van der Waals surface area contributed by atoms with Crippen molar-refractivity contribution in [1.29, 1.82) is 0 Å². The van der Waals surface area contributed by atoms with Crippen molar-refractivity contribution in [2.75, 3.05) is 20.8 Å². The van der Waals surface area contributed by atoms with Gasteiger partial charge in [0.1, 0.15) is 5.75 Å². The summed E-state index contributed by atoms with van der Waals surface area (Å²) in [6, 6.07) is 20.2. The summed E-state index contributed by atoms with van der Waals surface area (Å²) < 4.78 is 16.6. The Morgan fingerprint density at radius 3 is 2.19 bits per heavy atom. The molecule has 0 aliphatic carbocycles. The molecule has 8 heteroatoms. The SMILES string of the molecule is COc1ccc(C(=O)NNC(=O)COc2ccc(-c3ccccc3)cc2Br)cc1OC. The fourth-order valence-corrected chi connectivity index (χ4v) is 3.28. The van der Waals surface area contributed by atoms with Crippen molar-refractivity contribution >= 4 is 27.7 Å². The van der Waals surface area contributed by atoms with Crippen LogP contribution in [-0.2, 0) is 4.79 Å². The molecule has 0 aliphatic rings. The van der Waals surface area contributed by atoms with Crippen LogP contribution in [0.15, 0.2) is 71.2 Å². The average molecular weight is 485 g/mol. The number of rotatable bonds is 7. The summed E-state index contributed by atoms with van der Waals surface area (Å²) in [6.45, 7) is -0.268. The van der Waals surface area contributed by atoms with Crippen LogP contribution in [0.5, 0.6) is 17.2 Å². The molecule has 0 aliphatic heterocycles. The van der Waals surface area contributed by atoms with Crippen LogP contribution in [0.4, 0.5) is 0 Å². The Morgan fingerprint density at radius 2 is 1.52 bits per heavy atom. The Bertz CT molecular complexity index is 1070. The highest BCUT2D eigenvalue weighted by Gasteiger charge is 2.12. The summed E-state index contributed by atoms with van der Waals surface area (Å²) in [7, 11) is 2.98. The minimum atomic E-state index is -0.507. The highest BCUT2D eigenvalue weighted by atomic mass is 79.9. The number of hydrogen-bond acceptors (Lipinski definition) is 5. The van der Waals surface area contributed by atoms with Gasteiger partial charge in [-0.1, -0.05) is 36.4 Å². The van der Waals surface area contributed by atoms with E-state index in [1.54, 1.807) is 18.2 Å². The van der Waals surface area contributed by atoms with Gasteiger partial charge >= 0.3 is 0 Å². The molecule has 0 saturated carbocycles. The molecule has 3 aromatic carbocycles. The van der Waals surface area contributed by atoms with Crippen molar-refractivity contribution in [3.8, 4) is 28.4 Å². The third kappa shape index (κ3) is 5.76. The van der Waals surface area contributed by atoms with Crippen LogP contribution < -0.4 is 25.1 Å². The lowest BCUT2D eigenvalue weighted by molar-refractivity contribution is -0.123. The number of carbonyl (C=O) groups is 2. The molecule has 0 aromatic heterocycles. The number of methoxy groups -OCH3 is 2. The van der Waals surface area contributed by atoms with Crippen LogP contribution in [0.3, 0.4) is 0 Å². The molecule has 0 bridgehead atoms. The first-order chi connectivity index (χ1) is 15.0. The van der Waals surface area contributed by atoms with Gasteiger partial charge < -0.3 is 14.2 Å². The standard InChI is InChI=1S/C23H21BrN2O5/c1-29-20-11-9-17(13-21(20)30-2)23(28)26-25-22(27)14-31-19-10-8-16(12-18(19)24)15-6-4-3-5-7-15/h3-13H,14H2,1-2H3,(H,25,27)(H,26,28). The van der Waals surface area contributed by atoms with Gasteiger partial charge in [0.15, 0.2) is 18.1 Å². The first kappa shape index (κ1) is 22.2. The van der Waals surface area contributed by atoms with Gasteiger partial charge in [-0.15, -0.1) is 0 Å². The number of hydrazine groups is 1. The highest BCUT2D eigenvalue weighted by molar-refractivity contribution is 9.10. The predicted molar refractivity (Wildman–Crippen MR) is 120 cm³/mol. The van der Waals surface area contributed by atoms with Crippen LogP contribution >= 0.6 is 15.9 Å². The fourth-order valence-electron chi connectivity index (χ4n) is 2.78. The van der Waals surface area contributed by atoms with Crippen LogP contribution in [0.1, 0.15) is 10.4 Å². The topological polar surface area (TPSA) is 85.9 Å². The van der Waals surface area contributed by atoms with Gasteiger partial charge in [-0.25, -0.2) is 0 Å². The zero-order valence-electron chi connectivity index (χ0n) is 17.0. The molecule has 0 fully saturated rings. The van der Waals surface area contributed by atoms with E-state index in [1.165, 1.54) is 20.3 Å². The second-order valence-electron chi connectivity index (χ2n) is 6.37. The molecular weight excluding hydrogens is 464 g/mol. The van der Waals surface area contributed by atoms with E-state index >= 15 is 0 Å². The van der Waals surface area contributed by atoms with Gasteiger partial charge in [-0.2, -0.15) is 0 Å². The van der Waals surface area contributed by atoms with Crippen LogP contribution in [-0.4, -0.2) is 32.6 Å². The van der Waals surface area contributed by atoms with E-state index in [4.69, 9.17) is 14.2 Å². The van der Waals surface area contributed by atoms with Crippen LogP contribution in [0, 0.1) is 0 Å². The number of halogens is 1. The number of amides is 2. The van der Waals surface area contributed by atoms with E-state index in [9.17, 15) is 9.59 Å². The van der Waals surface area contributed by atoms with Gasteiger partial charge in [0.25, 0.3) is 11.8 Å². The number of nitrogens with one attached hydrogen (secondary N) is 2. The summed E-state index contributed by atoms with van der Waals surface area (Å²) >= 11 is 3.46. The molecule has 0 atom stereocenters. The normalized spacial score (nSPS) is 10.2. The molecular formula is C23H21BrN2O5. The quantitative estimate of drug-likeness (QED) is 0.495. The van der Waals surface area contributed by atoms with Gasteiger partial charge in [0.05, 0.1) is 18.7 Å². The zero-order chi connectivity index (χ0) is 22.2. The van der Waals surface area contributed by atoms with Gasteiger partial charge in [-0.3, -0.25) is 20.4 Å². The fraction of sp³-hybridized carbons (Fsp3) is 0.130. The summed E-state index contributed by atoms with van der Waals surface area (Å²) in [5, 5.41) is 0. The maximum atomic E-state index is 12.2. The average Bonchev–Trinajstić information content (AvgIpc) is 2.81. The molecule has 31 heavy (non-hydrogen) atoms. The second kappa shape index (κ2) is 10.5. The zero-order valence-corrected chi connectivity index (χ0v) is 18.6. The Labute approximate surface area is 188 Å². The number of hydrogen-bond donors (Lipinski definition) is 2. The Hall–Kier alpha value is -3.52. The molecule has 3 rings (SSSR count). The molecule has 0 radical (unpaired) electrons.